The van der Waals surface area contributed by atoms with Gasteiger partial charge >= 0.3 is 6.18 Å². The molecule has 0 aliphatic carbocycles. The van der Waals surface area contributed by atoms with E-state index >= 15 is 0 Å². The van der Waals surface area contributed by atoms with Gasteiger partial charge in [0.25, 0.3) is 11.8 Å². The molecule has 3 N–H and O–H groups in total. The molecule has 32 heavy (non-hydrogen) atoms. The number of amides is 2. The lowest BCUT2D eigenvalue weighted by Gasteiger charge is -2.15. The highest BCUT2D eigenvalue weighted by atomic mass is 19.4. The number of halogens is 3. The van der Waals surface area contributed by atoms with Gasteiger partial charge in [-0.1, -0.05) is 6.07 Å². The Morgan fingerprint density at radius 3 is 2.50 bits per heavy atom. The minimum atomic E-state index is -4.69. The van der Waals surface area contributed by atoms with E-state index in [-0.39, 0.29) is 11.3 Å². The third-order valence-electron chi connectivity index (χ3n) is 4.63. The summed E-state index contributed by atoms with van der Waals surface area (Å²) < 4.78 is 40.2. The molecule has 3 heterocycles. The number of rotatable bonds is 6. The Labute approximate surface area is 181 Å². The van der Waals surface area contributed by atoms with Crippen molar-refractivity contribution in [3.8, 4) is 0 Å². The molecule has 0 bridgehead atoms. The molecule has 0 aliphatic rings. The molecule has 3 aromatic rings. The molecule has 0 unspecified atom stereocenters. The van der Waals surface area contributed by atoms with Crippen LogP contribution in [-0.4, -0.2) is 44.2 Å². The Balaban J connectivity index is 1.95. The Hall–Kier alpha value is -3.47. The van der Waals surface area contributed by atoms with Gasteiger partial charge in [0.05, 0.1) is 28.1 Å². The standard InChI is InChI=1S/C21H22F3N5O3/c1-20(2,32)8-7-12-9-13-10-16(14(18(30)25-3)11-29(13)28-12)27-19(31)15-5-4-6-17(26-15)21(22,23)24/h4-6,9-11,32H,7-8H2,1-3H3,(H,25,30)(H,27,31). The first kappa shape index (κ1) is 23.2. The molecule has 0 saturated carbocycles. The van der Waals surface area contributed by atoms with Crippen LogP contribution in [0, 0.1) is 0 Å². The van der Waals surface area contributed by atoms with Crippen LogP contribution in [0.4, 0.5) is 18.9 Å². The second-order valence-electron chi connectivity index (χ2n) is 7.86. The van der Waals surface area contributed by atoms with Gasteiger partial charge in [0.15, 0.2) is 0 Å². The van der Waals surface area contributed by atoms with Crippen molar-refractivity contribution in [3.05, 3.63) is 59.2 Å². The Bertz CT molecular complexity index is 1170. The van der Waals surface area contributed by atoms with E-state index in [1.165, 1.54) is 23.8 Å². The number of alkyl halides is 3. The van der Waals surface area contributed by atoms with E-state index in [1.54, 1.807) is 19.9 Å². The van der Waals surface area contributed by atoms with E-state index < -0.39 is 35.0 Å². The molecule has 0 aliphatic heterocycles. The molecule has 3 rings (SSSR count). The number of hydrogen-bond donors (Lipinski definition) is 3. The van der Waals surface area contributed by atoms with Crippen LogP contribution in [-0.2, 0) is 12.6 Å². The molecule has 3 aromatic heterocycles. The highest BCUT2D eigenvalue weighted by Crippen LogP contribution is 2.28. The third kappa shape index (κ3) is 5.41. The highest BCUT2D eigenvalue weighted by Gasteiger charge is 2.33. The van der Waals surface area contributed by atoms with Crippen molar-refractivity contribution in [2.75, 3.05) is 12.4 Å². The maximum absolute atomic E-state index is 12.9. The summed E-state index contributed by atoms with van der Waals surface area (Å²) in [4.78, 5) is 28.3. The molecule has 0 fully saturated rings. The van der Waals surface area contributed by atoms with E-state index in [0.717, 1.165) is 18.2 Å². The maximum atomic E-state index is 12.9. The van der Waals surface area contributed by atoms with Gasteiger partial charge in [-0.25, -0.2) is 9.50 Å². The smallest absolute Gasteiger partial charge is 0.390 e. The Morgan fingerprint density at radius 1 is 1.16 bits per heavy atom. The first-order valence-corrected chi connectivity index (χ1v) is 9.70. The van der Waals surface area contributed by atoms with Crippen molar-refractivity contribution in [1.29, 1.82) is 0 Å². The summed E-state index contributed by atoms with van der Waals surface area (Å²) in [5, 5.41) is 19.2. The van der Waals surface area contributed by atoms with Crippen molar-refractivity contribution < 1.29 is 27.9 Å². The first-order valence-electron chi connectivity index (χ1n) is 9.70. The van der Waals surface area contributed by atoms with Crippen LogP contribution >= 0.6 is 0 Å². The zero-order chi connectivity index (χ0) is 23.7. The molecule has 11 heteroatoms. The van der Waals surface area contributed by atoms with Crippen LogP contribution in [0.1, 0.15) is 52.5 Å². The second-order valence-corrected chi connectivity index (χ2v) is 7.86. The normalized spacial score (nSPS) is 12.1. The molecule has 2 amide bonds. The molecule has 0 saturated heterocycles. The van der Waals surface area contributed by atoms with Crippen LogP contribution in [0.5, 0.6) is 0 Å². The number of nitrogens with one attached hydrogen (secondary N) is 2. The minimum absolute atomic E-state index is 0.0671. The van der Waals surface area contributed by atoms with Crippen molar-refractivity contribution >= 4 is 23.0 Å². The molecule has 0 spiro atoms. The van der Waals surface area contributed by atoms with E-state index in [9.17, 15) is 27.9 Å². The van der Waals surface area contributed by atoms with Gasteiger partial charge in [-0.15, -0.1) is 0 Å². The summed E-state index contributed by atoms with van der Waals surface area (Å²) in [6.45, 7) is 3.36. The number of aryl methyl sites for hydroxylation is 1. The molecule has 8 nitrogen and oxygen atoms in total. The molecule has 0 atom stereocenters. The monoisotopic (exact) mass is 449 g/mol. The van der Waals surface area contributed by atoms with E-state index in [0.29, 0.717) is 24.1 Å². The quantitative estimate of drug-likeness (QED) is 0.536. The fraction of sp³-hybridized carbons (Fsp3) is 0.333. The van der Waals surface area contributed by atoms with Gasteiger partial charge in [-0.05, 0) is 51.0 Å². The van der Waals surface area contributed by atoms with Gasteiger partial charge in [0.1, 0.15) is 11.4 Å². The van der Waals surface area contributed by atoms with Crippen molar-refractivity contribution in [2.45, 2.75) is 38.5 Å². The summed E-state index contributed by atoms with van der Waals surface area (Å²) in [5.74, 6) is -1.42. The number of hydrogen-bond acceptors (Lipinski definition) is 5. The SMILES string of the molecule is CNC(=O)c1cn2nc(CCC(C)(C)O)cc2cc1NC(=O)c1cccc(C(F)(F)F)n1. The van der Waals surface area contributed by atoms with Gasteiger partial charge in [-0.3, -0.25) is 9.59 Å². The molecule has 170 valence electrons. The lowest BCUT2D eigenvalue weighted by molar-refractivity contribution is -0.141. The number of carbonyl (C=O) groups is 2. The van der Waals surface area contributed by atoms with Gasteiger partial charge in [-0.2, -0.15) is 18.3 Å². The Kier molecular flexibility index (Phi) is 6.22. The second kappa shape index (κ2) is 8.58. The van der Waals surface area contributed by atoms with Crippen molar-refractivity contribution in [1.82, 2.24) is 19.9 Å². The Morgan fingerprint density at radius 2 is 1.88 bits per heavy atom. The zero-order valence-corrected chi connectivity index (χ0v) is 17.6. The van der Waals surface area contributed by atoms with E-state index in [2.05, 4.69) is 20.7 Å². The van der Waals surface area contributed by atoms with Gasteiger partial charge in [0, 0.05) is 13.2 Å². The predicted octanol–water partition coefficient (Wildman–Crippen LogP) is 3.06. The number of nitrogens with zero attached hydrogens (tertiary/aromatic N) is 3. The topological polar surface area (TPSA) is 109 Å². The van der Waals surface area contributed by atoms with Crippen LogP contribution in [0.15, 0.2) is 36.5 Å². The summed E-state index contributed by atoms with van der Waals surface area (Å²) in [6, 6.07) is 6.23. The van der Waals surface area contributed by atoms with Crippen LogP contribution < -0.4 is 10.6 Å². The van der Waals surface area contributed by atoms with Crippen LogP contribution in [0.3, 0.4) is 0 Å². The summed E-state index contributed by atoms with van der Waals surface area (Å²) >= 11 is 0. The maximum Gasteiger partial charge on any atom is 0.433 e. The number of anilines is 1. The van der Waals surface area contributed by atoms with Crippen molar-refractivity contribution in [3.63, 3.8) is 0 Å². The summed E-state index contributed by atoms with van der Waals surface area (Å²) in [7, 11) is 1.41. The molecular weight excluding hydrogens is 427 g/mol. The van der Waals surface area contributed by atoms with Crippen LogP contribution in [0.2, 0.25) is 0 Å². The number of fused-ring (bicyclic) bond motifs is 1. The van der Waals surface area contributed by atoms with Crippen molar-refractivity contribution in [2.24, 2.45) is 0 Å². The molecule has 0 aromatic carbocycles. The van der Waals surface area contributed by atoms with Gasteiger partial charge < -0.3 is 15.7 Å². The average Bonchev–Trinajstić information content (AvgIpc) is 3.12. The molecular formula is C21H22F3N5O3. The molecule has 0 radical (unpaired) electrons. The predicted molar refractivity (Wildman–Crippen MR) is 110 cm³/mol. The summed E-state index contributed by atoms with van der Waals surface area (Å²) in [6.07, 6.45) is -2.34. The van der Waals surface area contributed by atoms with E-state index in [4.69, 9.17) is 0 Å². The largest absolute Gasteiger partial charge is 0.433 e. The van der Waals surface area contributed by atoms with Gasteiger partial charge in [0.2, 0.25) is 0 Å². The fourth-order valence-corrected chi connectivity index (χ4v) is 2.97. The average molecular weight is 449 g/mol. The van der Waals surface area contributed by atoms with Crippen LogP contribution in [0.25, 0.3) is 5.52 Å². The number of carbonyl (C=O) groups excluding carboxylic acids is 2. The number of pyridine rings is 2. The van der Waals surface area contributed by atoms with E-state index in [1.807, 2.05) is 0 Å². The number of aliphatic hydroxyl groups is 1. The third-order valence-corrected chi connectivity index (χ3v) is 4.63. The number of aromatic nitrogens is 3. The minimum Gasteiger partial charge on any atom is -0.390 e. The zero-order valence-electron chi connectivity index (χ0n) is 17.6. The lowest BCUT2D eigenvalue weighted by Crippen LogP contribution is -2.23. The summed E-state index contributed by atoms with van der Waals surface area (Å²) in [5.41, 5.74) is -1.14. The first-order chi connectivity index (χ1) is 14.9. The highest BCUT2D eigenvalue weighted by molar-refractivity contribution is 6.08. The fourth-order valence-electron chi connectivity index (χ4n) is 2.97. The lowest BCUT2D eigenvalue weighted by atomic mass is 10.0.